The molecule has 0 aromatic carbocycles. The first-order valence-electron chi connectivity index (χ1n) is 8.84. The van der Waals surface area contributed by atoms with Crippen molar-refractivity contribution in [3.8, 4) is 0 Å². The van der Waals surface area contributed by atoms with E-state index in [4.69, 9.17) is 0 Å². The second-order valence-electron chi connectivity index (χ2n) is 6.80. The van der Waals surface area contributed by atoms with Gasteiger partial charge in [-0.1, -0.05) is 12.5 Å². The van der Waals surface area contributed by atoms with E-state index in [2.05, 4.69) is 20.6 Å². The highest BCUT2D eigenvalue weighted by Crippen LogP contribution is 2.37. The van der Waals surface area contributed by atoms with E-state index in [1.165, 1.54) is 0 Å². The van der Waals surface area contributed by atoms with E-state index < -0.39 is 12.1 Å². The predicted molar refractivity (Wildman–Crippen MR) is 110 cm³/mol. The fraction of sp³-hybridized carbons (Fsp3) is 0.556. The highest BCUT2D eigenvalue weighted by atomic mass is 127. The van der Waals surface area contributed by atoms with Crippen molar-refractivity contribution in [2.75, 3.05) is 7.05 Å². The van der Waals surface area contributed by atoms with E-state index in [0.29, 0.717) is 18.9 Å². The van der Waals surface area contributed by atoms with Crippen LogP contribution >= 0.6 is 24.0 Å². The Labute approximate surface area is 173 Å². The summed E-state index contributed by atoms with van der Waals surface area (Å²) in [6, 6.07) is 5.68. The molecule has 2 atom stereocenters. The van der Waals surface area contributed by atoms with E-state index >= 15 is 0 Å². The summed E-state index contributed by atoms with van der Waals surface area (Å²) in [5.74, 6) is -0.722. The van der Waals surface area contributed by atoms with E-state index in [9.17, 15) is 13.2 Å². The largest absolute Gasteiger partial charge is 0.391 e. The third-order valence-corrected chi connectivity index (χ3v) is 4.88. The minimum Gasteiger partial charge on any atom is -0.354 e. The number of guanidine groups is 1. The zero-order valence-corrected chi connectivity index (χ0v) is 17.7. The van der Waals surface area contributed by atoms with Crippen LogP contribution in [0.3, 0.4) is 0 Å². The fourth-order valence-corrected chi connectivity index (χ4v) is 3.46. The van der Waals surface area contributed by atoms with Gasteiger partial charge in [0.25, 0.3) is 0 Å². The number of fused-ring (bicyclic) bond motifs is 1. The number of hydrogen-bond donors (Lipinski definition) is 2. The van der Waals surface area contributed by atoms with E-state index in [1.807, 2.05) is 35.7 Å². The first kappa shape index (κ1) is 21.8. The van der Waals surface area contributed by atoms with E-state index in [1.54, 1.807) is 7.05 Å². The van der Waals surface area contributed by atoms with Crippen molar-refractivity contribution in [1.29, 1.82) is 0 Å². The molecule has 1 aliphatic rings. The molecule has 1 aliphatic carbocycles. The minimum atomic E-state index is -4.12. The molecule has 0 aliphatic heterocycles. The maximum atomic E-state index is 13.0. The molecule has 1 fully saturated rings. The molecule has 3 rings (SSSR count). The smallest absolute Gasteiger partial charge is 0.354 e. The maximum absolute atomic E-state index is 13.0. The van der Waals surface area contributed by atoms with Gasteiger partial charge in [-0.2, -0.15) is 13.2 Å². The molecule has 2 unspecified atom stereocenters. The predicted octanol–water partition coefficient (Wildman–Crippen LogP) is 4.05. The van der Waals surface area contributed by atoms with Crippen LogP contribution in [0.1, 0.15) is 37.1 Å². The number of halogens is 4. The van der Waals surface area contributed by atoms with Crippen LogP contribution in [-0.2, 0) is 6.54 Å². The number of hydrogen-bond acceptors (Lipinski definition) is 2. The first-order chi connectivity index (χ1) is 12.4. The Bertz CT molecular complexity index is 787. The van der Waals surface area contributed by atoms with Gasteiger partial charge >= 0.3 is 6.18 Å². The van der Waals surface area contributed by atoms with Crippen LogP contribution in [0.2, 0.25) is 0 Å². The zero-order valence-electron chi connectivity index (χ0n) is 15.4. The van der Waals surface area contributed by atoms with Crippen LogP contribution in [-0.4, -0.2) is 34.6 Å². The summed E-state index contributed by atoms with van der Waals surface area (Å²) in [4.78, 5) is 8.67. The van der Waals surface area contributed by atoms with Crippen LogP contribution in [0, 0.1) is 12.8 Å². The van der Waals surface area contributed by atoms with Crippen LogP contribution in [0.5, 0.6) is 0 Å². The Kier molecular flexibility index (Phi) is 7.35. The van der Waals surface area contributed by atoms with Crippen molar-refractivity contribution in [1.82, 2.24) is 20.0 Å². The quantitative estimate of drug-likeness (QED) is 0.384. The number of aliphatic imine (C=N–C) groups is 1. The highest BCUT2D eigenvalue weighted by molar-refractivity contribution is 14.0. The van der Waals surface area contributed by atoms with Gasteiger partial charge < -0.3 is 15.0 Å². The number of aryl methyl sites for hydroxylation is 1. The molecular weight excluding hydrogens is 470 g/mol. The molecule has 2 heterocycles. The average Bonchev–Trinajstić information content (AvgIpc) is 3.02. The molecule has 27 heavy (non-hydrogen) atoms. The van der Waals surface area contributed by atoms with Gasteiger partial charge in [-0.15, -0.1) is 24.0 Å². The first-order valence-corrected chi connectivity index (χ1v) is 8.84. The third kappa shape index (κ3) is 5.49. The molecule has 2 N–H and O–H groups in total. The summed E-state index contributed by atoms with van der Waals surface area (Å²) in [7, 11) is 1.62. The van der Waals surface area contributed by atoms with E-state index in [-0.39, 0.29) is 42.9 Å². The lowest BCUT2D eigenvalue weighted by atomic mass is 9.85. The van der Waals surface area contributed by atoms with Crippen molar-refractivity contribution < 1.29 is 13.2 Å². The summed E-state index contributed by atoms with van der Waals surface area (Å²) in [5, 5.41) is 6.28. The van der Waals surface area contributed by atoms with Gasteiger partial charge in [0.15, 0.2) is 5.96 Å². The highest BCUT2D eigenvalue weighted by Gasteiger charge is 2.42. The van der Waals surface area contributed by atoms with Gasteiger partial charge in [0.05, 0.1) is 18.2 Å². The number of pyridine rings is 1. The van der Waals surface area contributed by atoms with Gasteiger partial charge in [0, 0.05) is 25.0 Å². The summed E-state index contributed by atoms with van der Waals surface area (Å²) in [6.07, 6.45) is -0.561. The summed E-state index contributed by atoms with van der Waals surface area (Å²) < 4.78 is 40.9. The Morgan fingerprint density at radius 3 is 2.78 bits per heavy atom. The minimum absolute atomic E-state index is 0. The Morgan fingerprint density at radius 2 is 2.11 bits per heavy atom. The molecule has 0 amide bonds. The van der Waals surface area contributed by atoms with Gasteiger partial charge in [0.1, 0.15) is 5.65 Å². The molecule has 150 valence electrons. The molecule has 2 aromatic rings. The summed E-state index contributed by atoms with van der Waals surface area (Å²) in [6.45, 7) is 2.46. The SMILES string of the molecule is CN=C(NCc1cn2c(C)cccc2n1)NC1CCCC(C(F)(F)F)C1.I. The Balaban J connectivity index is 0.00000261. The van der Waals surface area contributed by atoms with Crippen molar-refractivity contribution in [3.05, 3.63) is 35.8 Å². The lowest BCUT2D eigenvalue weighted by Gasteiger charge is -2.31. The molecule has 0 radical (unpaired) electrons. The second kappa shape index (κ2) is 9.11. The van der Waals surface area contributed by atoms with Gasteiger partial charge in [-0.3, -0.25) is 4.99 Å². The molecule has 0 spiro atoms. The number of imidazole rings is 1. The number of rotatable bonds is 3. The monoisotopic (exact) mass is 495 g/mol. The van der Waals surface area contributed by atoms with Crippen LogP contribution in [0.4, 0.5) is 13.2 Å². The molecule has 0 saturated heterocycles. The lowest BCUT2D eigenvalue weighted by Crippen LogP contribution is -2.46. The maximum Gasteiger partial charge on any atom is 0.391 e. The van der Waals surface area contributed by atoms with Crippen molar-refractivity contribution in [3.63, 3.8) is 0 Å². The molecule has 1 saturated carbocycles. The van der Waals surface area contributed by atoms with E-state index in [0.717, 1.165) is 23.5 Å². The van der Waals surface area contributed by atoms with Gasteiger partial charge in [-0.25, -0.2) is 4.98 Å². The van der Waals surface area contributed by atoms with Crippen molar-refractivity contribution in [2.45, 2.75) is 51.4 Å². The molecule has 9 heteroatoms. The van der Waals surface area contributed by atoms with Crippen LogP contribution in [0.15, 0.2) is 29.4 Å². The van der Waals surface area contributed by atoms with Crippen LogP contribution in [0.25, 0.3) is 5.65 Å². The fourth-order valence-electron chi connectivity index (χ4n) is 3.46. The van der Waals surface area contributed by atoms with Crippen molar-refractivity contribution >= 4 is 35.6 Å². The Morgan fingerprint density at radius 1 is 1.33 bits per heavy atom. The topological polar surface area (TPSA) is 53.7 Å². The number of aromatic nitrogens is 2. The standard InChI is InChI=1S/C18H24F3N5.HI/c1-12-5-3-8-16-24-15(11-26(12)16)10-23-17(22-2)25-14-7-4-6-13(9-14)18(19,20)21;/h3,5,8,11,13-14H,4,6-7,9-10H2,1-2H3,(H2,22,23,25);1H. The molecule has 0 bridgehead atoms. The zero-order chi connectivity index (χ0) is 18.7. The average molecular weight is 495 g/mol. The second-order valence-corrected chi connectivity index (χ2v) is 6.80. The normalized spacial score (nSPS) is 21.0. The molecular formula is C18H25F3IN5. The number of nitrogens with one attached hydrogen (secondary N) is 2. The number of alkyl halides is 3. The van der Waals surface area contributed by atoms with Crippen LogP contribution < -0.4 is 10.6 Å². The van der Waals surface area contributed by atoms with Gasteiger partial charge in [-0.05, 0) is 38.3 Å². The summed E-state index contributed by atoms with van der Waals surface area (Å²) >= 11 is 0. The van der Waals surface area contributed by atoms with Gasteiger partial charge in [0.2, 0.25) is 0 Å². The Hall–Kier alpha value is -1.52. The molecule has 2 aromatic heterocycles. The summed E-state index contributed by atoms with van der Waals surface area (Å²) in [5.41, 5.74) is 2.80. The number of nitrogens with zero attached hydrogens (tertiary/aromatic N) is 3. The molecule has 5 nitrogen and oxygen atoms in total. The van der Waals surface area contributed by atoms with Crippen molar-refractivity contribution in [2.24, 2.45) is 10.9 Å². The lowest BCUT2D eigenvalue weighted by molar-refractivity contribution is -0.183. The third-order valence-electron chi connectivity index (χ3n) is 4.88.